The Kier molecular flexibility index (Phi) is 12.9. The summed E-state index contributed by atoms with van der Waals surface area (Å²) in [7, 11) is 0. The van der Waals surface area contributed by atoms with Crippen LogP contribution in [-0.2, 0) is 0 Å². The molecule has 1 N–H and O–H groups in total. The Morgan fingerprint density at radius 2 is 1.28 bits per heavy atom. The van der Waals surface area contributed by atoms with Crippen LogP contribution in [0.3, 0.4) is 0 Å². The number of phenolic OH excluding ortho intramolecular Hbond substituents is 1. The van der Waals surface area contributed by atoms with Crippen molar-refractivity contribution in [3.63, 3.8) is 0 Å². The number of hydrogen-bond donors (Lipinski definition) is 1. The Morgan fingerprint density at radius 3 is 1.88 bits per heavy atom. The summed E-state index contributed by atoms with van der Waals surface area (Å²) in [5.74, 6) is 1.30. The molecule has 0 aromatic heterocycles. The molecule has 0 aliphatic heterocycles. The fourth-order valence-electron chi connectivity index (χ4n) is 2.92. The maximum Gasteiger partial charge on any atom is 0.203 e. The van der Waals surface area contributed by atoms with E-state index in [1.54, 1.807) is 12.1 Å². The third-order valence-corrected chi connectivity index (χ3v) is 4.41. The van der Waals surface area contributed by atoms with Crippen LogP contribution in [0, 0.1) is 0 Å². The number of rotatable bonds is 16. The van der Waals surface area contributed by atoms with Crippen molar-refractivity contribution in [3.8, 4) is 17.2 Å². The molecule has 25 heavy (non-hydrogen) atoms. The second-order valence-electron chi connectivity index (χ2n) is 6.84. The summed E-state index contributed by atoms with van der Waals surface area (Å²) < 4.78 is 11.4. The monoisotopic (exact) mass is 350 g/mol. The van der Waals surface area contributed by atoms with Gasteiger partial charge in [0.2, 0.25) is 5.75 Å². The van der Waals surface area contributed by atoms with E-state index in [4.69, 9.17) is 9.47 Å². The maximum absolute atomic E-state index is 9.96. The quantitative estimate of drug-likeness (QED) is 0.331. The zero-order chi connectivity index (χ0) is 18.2. The number of aromatic hydroxyl groups is 1. The lowest BCUT2D eigenvalue weighted by atomic mass is 10.1. The van der Waals surface area contributed by atoms with Gasteiger partial charge in [0.1, 0.15) is 0 Å². The molecule has 3 nitrogen and oxygen atoms in total. The van der Waals surface area contributed by atoms with Gasteiger partial charge in [-0.25, -0.2) is 0 Å². The van der Waals surface area contributed by atoms with Crippen molar-refractivity contribution in [3.05, 3.63) is 18.2 Å². The minimum atomic E-state index is 0.164. The van der Waals surface area contributed by atoms with Crippen LogP contribution < -0.4 is 9.47 Å². The molecule has 1 aromatic rings. The second kappa shape index (κ2) is 14.9. The average Bonchev–Trinajstić information content (AvgIpc) is 2.62. The van der Waals surface area contributed by atoms with Crippen molar-refractivity contribution in [2.24, 2.45) is 0 Å². The summed E-state index contributed by atoms with van der Waals surface area (Å²) >= 11 is 0. The van der Waals surface area contributed by atoms with Crippen LogP contribution in [0.5, 0.6) is 17.2 Å². The zero-order valence-corrected chi connectivity index (χ0v) is 16.4. The highest BCUT2D eigenvalue weighted by atomic mass is 16.5. The molecule has 3 heteroatoms. The van der Waals surface area contributed by atoms with Crippen LogP contribution in [0.1, 0.15) is 90.9 Å². The molecule has 0 aliphatic carbocycles. The predicted molar refractivity (Wildman–Crippen MR) is 106 cm³/mol. The lowest BCUT2D eigenvalue weighted by Gasteiger charge is -2.13. The van der Waals surface area contributed by atoms with Crippen molar-refractivity contribution in [2.45, 2.75) is 90.9 Å². The standard InChI is InChI=1S/C22H38O3/c1-3-5-6-7-8-9-10-11-12-13-14-19-25-22-20(23)16-15-17-21(22)24-18-4-2/h15-17,23H,3-14,18-19H2,1-2H3. The topological polar surface area (TPSA) is 38.7 Å². The van der Waals surface area contributed by atoms with Crippen molar-refractivity contribution in [1.82, 2.24) is 0 Å². The van der Waals surface area contributed by atoms with E-state index < -0.39 is 0 Å². The first-order valence-electron chi connectivity index (χ1n) is 10.4. The Balaban J connectivity index is 2.06. The number of phenols is 1. The first-order chi connectivity index (χ1) is 12.3. The Morgan fingerprint density at radius 1 is 0.680 bits per heavy atom. The maximum atomic E-state index is 9.96. The molecule has 0 fully saturated rings. The molecule has 0 saturated carbocycles. The Labute approximate surface area is 154 Å². The van der Waals surface area contributed by atoms with Crippen molar-refractivity contribution in [1.29, 1.82) is 0 Å². The van der Waals surface area contributed by atoms with Crippen LogP contribution in [0.2, 0.25) is 0 Å². The first-order valence-corrected chi connectivity index (χ1v) is 10.4. The molecule has 0 atom stereocenters. The predicted octanol–water partition coefficient (Wildman–Crippen LogP) is 6.87. The van der Waals surface area contributed by atoms with Gasteiger partial charge in [0.05, 0.1) is 13.2 Å². The smallest absolute Gasteiger partial charge is 0.203 e. The number of para-hydroxylation sites is 1. The molecule has 0 saturated heterocycles. The third kappa shape index (κ3) is 10.3. The Bertz CT molecular complexity index is 431. The minimum absolute atomic E-state index is 0.164. The van der Waals surface area contributed by atoms with Crippen LogP contribution in [0.4, 0.5) is 0 Å². The molecule has 0 bridgehead atoms. The van der Waals surface area contributed by atoms with Gasteiger partial charge >= 0.3 is 0 Å². The van der Waals surface area contributed by atoms with E-state index in [0.29, 0.717) is 24.7 Å². The van der Waals surface area contributed by atoms with Gasteiger partial charge in [-0.3, -0.25) is 0 Å². The van der Waals surface area contributed by atoms with Crippen LogP contribution >= 0.6 is 0 Å². The fraction of sp³-hybridized carbons (Fsp3) is 0.727. The molecule has 0 spiro atoms. The van der Waals surface area contributed by atoms with E-state index in [1.807, 2.05) is 6.07 Å². The van der Waals surface area contributed by atoms with E-state index in [9.17, 15) is 5.11 Å². The summed E-state index contributed by atoms with van der Waals surface area (Å²) in [6, 6.07) is 5.29. The highest BCUT2D eigenvalue weighted by Crippen LogP contribution is 2.36. The second-order valence-corrected chi connectivity index (χ2v) is 6.84. The van der Waals surface area contributed by atoms with Crippen molar-refractivity contribution >= 4 is 0 Å². The molecule has 0 radical (unpaired) electrons. The molecule has 0 amide bonds. The fourth-order valence-corrected chi connectivity index (χ4v) is 2.92. The molecule has 1 rings (SSSR count). The largest absolute Gasteiger partial charge is 0.504 e. The van der Waals surface area contributed by atoms with Gasteiger partial charge in [-0.2, -0.15) is 0 Å². The molecule has 0 aliphatic rings. The van der Waals surface area contributed by atoms with Crippen molar-refractivity contribution in [2.75, 3.05) is 13.2 Å². The highest BCUT2D eigenvalue weighted by molar-refractivity contribution is 5.50. The van der Waals surface area contributed by atoms with Gasteiger partial charge in [0.25, 0.3) is 0 Å². The molecule has 144 valence electrons. The van der Waals surface area contributed by atoms with E-state index in [0.717, 1.165) is 12.8 Å². The number of unbranched alkanes of at least 4 members (excludes halogenated alkanes) is 10. The van der Waals surface area contributed by atoms with Gasteiger partial charge in [-0.1, -0.05) is 84.1 Å². The molecule has 0 heterocycles. The van der Waals surface area contributed by atoms with Crippen molar-refractivity contribution < 1.29 is 14.6 Å². The molecular weight excluding hydrogens is 312 g/mol. The number of hydrogen-bond acceptors (Lipinski definition) is 3. The van der Waals surface area contributed by atoms with E-state index in [-0.39, 0.29) is 5.75 Å². The summed E-state index contributed by atoms with van der Waals surface area (Å²) in [5, 5.41) is 9.96. The van der Waals surface area contributed by atoms with E-state index in [1.165, 1.54) is 64.2 Å². The summed E-state index contributed by atoms with van der Waals surface area (Å²) in [4.78, 5) is 0. The lowest BCUT2D eigenvalue weighted by Crippen LogP contribution is -2.02. The zero-order valence-electron chi connectivity index (χ0n) is 16.4. The lowest BCUT2D eigenvalue weighted by molar-refractivity contribution is 0.252. The Hall–Kier alpha value is -1.38. The van der Waals surface area contributed by atoms with Gasteiger partial charge in [0, 0.05) is 0 Å². The van der Waals surface area contributed by atoms with E-state index in [2.05, 4.69) is 13.8 Å². The average molecular weight is 351 g/mol. The number of ether oxygens (including phenoxy) is 2. The molecule has 1 aromatic carbocycles. The van der Waals surface area contributed by atoms with Gasteiger partial charge < -0.3 is 14.6 Å². The van der Waals surface area contributed by atoms with E-state index >= 15 is 0 Å². The summed E-state index contributed by atoms with van der Waals surface area (Å²) in [6.45, 7) is 5.60. The third-order valence-electron chi connectivity index (χ3n) is 4.41. The van der Waals surface area contributed by atoms with Crippen LogP contribution in [0.15, 0.2) is 18.2 Å². The summed E-state index contributed by atoms with van der Waals surface area (Å²) in [6.07, 6.45) is 15.4. The molecule has 0 unspecified atom stereocenters. The summed E-state index contributed by atoms with van der Waals surface area (Å²) in [5.41, 5.74) is 0. The first kappa shape index (κ1) is 21.7. The SMILES string of the molecule is CCCCCCCCCCCCCOc1c(O)cccc1OCCC. The van der Waals surface area contributed by atoms with Gasteiger partial charge in [-0.05, 0) is 25.0 Å². The normalized spacial score (nSPS) is 10.8. The minimum Gasteiger partial charge on any atom is -0.504 e. The van der Waals surface area contributed by atoms with Crippen LogP contribution in [0.25, 0.3) is 0 Å². The van der Waals surface area contributed by atoms with Crippen LogP contribution in [-0.4, -0.2) is 18.3 Å². The van der Waals surface area contributed by atoms with Gasteiger partial charge in [0.15, 0.2) is 11.5 Å². The molecular formula is C22H38O3. The number of benzene rings is 1. The highest BCUT2D eigenvalue weighted by Gasteiger charge is 2.10. The van der Waals surface area contributed by atoms with Gasteiger partial charge in [-0.15, -0.1) is 0 Å².